The van der Waals surface area contributed by atoms with Crippen molar-refractivity contribution in [1.29, 1.82) is 0 Å². The van der Waals surface area contributed by atoms with Crippen LogP contribution < -0.4 is 0 Å². The van der Waals surface area contributed by atoms with Gasteiger partial charge in [0.25, 0.3) is 6.43 Å². The third-order valence-electron chi connectivity index (χ3n) is 2.00. The molecule has 0 atom stereocenters. The average molecular weight is 305 g/mol. The Morgan fingerprint density at radius 2 is 2.00 bits per heavy atom. The minimum Gasteiger partial charge on any atom is -0.264 e. The first-order chi connectivity index (χ1) is 6.70. The van der Waals surface area contributed by atoms with E-state index in [2.05, 4.69) is 27.6 Å². The molecule has 1 aromatic heterocycles. The Bertz CT molecular complexity index is 465. The van der Waals surface area contributed by atoms with Gasteiger partial charge in [0, 0.05) is 32.3 Å². The Hall–Kier alpha value is -0.780. The number of halogens is 3. The van der Waals surface area contributed by atoms with Crippen molar-refractivity contribution in [3.8, 4) is 0 Å². The minimum atomic E-state index is -2.47. The third-order valence-corrected chi connectivity index (χ3v) is 2.90. The van der Waals surface area contributed by atoms with Crippen LogP contribution in [0.1, 0.15) is 12.0 Å². The number of hydrogen-bond acceptors (Lipinski definition) is 1. The molecular formula is C10H6F2IN. The van der Waals surface area contributed by atoms with Crippen molar-refractivity contribution >= 4 is 33.4 Å². The van der Waals surface area contributed by atoms with E-state index >= 15 is 0 Å². The Morgan fingerprint density at radius 3 is 2.71 bits per heavy atom. The Balaban J connectivity index is 2.84. The number of aromatic nitrogens is 1. The van der Waals surface area contributed by atoms with E-state index in [9.17, 15) is 8.78 Å². The number of pyridine rings is 1. The van der Waals surface area contributed by atoms with Crippen LogP contribution in [-0.2, 0) is 0 Å². The maximum absolute atomic E-state index is 12.6. The predicted octanol–water partition coefficient (Wildman–Crippen LogP) is 3.78. The lowest BCUT2D eigenvalue weighted by molar-refractivity contribution is 0.152. The van der Waals surface area contributed by atoms with E-state index in [4.69, 9.17) is 0 Å². The molecule has 0 aliphatic carbocycles. The summed E-state index contributed by atoms with van der Waals surface area (Å²) in [6.45, 7) is 0. The average Bonchev–Trinajstić information content (AvgIpc) is 2.17. The second-order valence-corrected chi connectivity index (χ2v) is 4.03. The molecular weight excluding hydrogens is 299 g/mol. The lowest BCUT2D eigenvalue weighted by Crippen LogP contribution is -1.90. The van der Waals surface area contributed by atoms with E-state index in [0.29, 0.717) is 5.39 Å². The summed E-state index contributed by atoms with van der Waals surface area (Å²) in [6, 6.07) is 5.44. The van der Waals surface area contributed by atoms with Crippen LogP contribution in [0.5, 0.6) is 0 Å². The topological polar surface area (TPSA) is 12.9 Å². The maximum Gasteiger partial charge on any atom is 0.265 e. The monoisotopic (exact) mass is 305 g/mol. The van der Waals surface area contributed by atoms with Crippen LogP contribution in [0.3, 0.4) is 0 Å². The highest BCUT2D eigenvalue weighted by Gasteiger charge is 2.13. The van der Waals surface area contributed by atoms with E-state index < -0.39 is 6.43 Å². The molecule has 2 aromatic rings. The zero-order valence-corrected chi connectivity index (χ0v) is 9.20. The van der Waals surface area contributed by atoms with E-state index in [1.807, 2.05) is 12.1 Å². The highest BCUT2D eigenvalue weighted by Crippen LogP contribution is 2.29. The molecule has 0 saturated carbocycles. The van der Waals surface area contributed by atoms with Crippen molar-refractivity contribution in [2.45, 2.75) is 6.43 Å². The van der Waals surface area contributed by atoms with Gasteiger partial charge < -0.3 is 0 Å². The van der Waals surface area contributed by atoms with Crippen LogP contribution in [0, 0.1) is 3.57 Å². The molecule has 1 nitrogen and oxygen atoms in total. The second-order valence-electron chi connectivity index (χ2n) is 2.87. The number of alkyl halides is 2. The molecule has 0 spiro atoms. The van der Waals surface area contributed by atoms with Crippen LogP contribution in [0.15, 0.2) is 30.6 Å². The Kier molecular flexibility index (Phi) is 2.62. The lowest BCUT2D eigenvalue weighted by Gasteiger charge is -2.06. The standard InChI is InChI=1S/C10H6F2IN/c11-10(12)7-5-14-4-6-2-1-3-8(13)9(6)7/h1-5,10H. The van der Waals surface area contributed by atoms with Gasteiger partial charge in [-0.3, -0.25) is 4.98 Å². The normalized spacial score (nSPS) is 11.1. The molecule has 0 unspecified atom stereocenters. The molecule has 2 rings (SSSR count). The molecule has 0 aliphatic rings. The van der Waals surface area contributed by atoms with Gasteiger partial charge in [0.1, 0.15) is 0 Å². The summed E-state index contributed by atoms with van der Waals surface area (Å²) in [7, 11) is 0. The van der Waals surface area contributed by atoms with Gasteiger partial charge in [0.15, 0.2) is 0 Å². The largest absolute Gasteiger partial charge is 0.265 e. The number of hydrogen-bond donors (Lipinski definition) is 0. The second kappa shape index (κ2) is 3.76. The van der Waals surface area contributed by atoms with E-state index in [1.165, 1.54) is 6.20 Å². The molecule has 1 aromatic carbocycles. The fourth-order valence-electron chi connectivity index (χ4n) is 1.38. The summed E-state index contributed by atoms with van der Waals surface area (Å²) in [6.07, 6.45) is 0.362. The van der Waals surface area contributed by atoms with Crippen molar-refractivity contribution in [3.05, 3.63) is 39.7 Å². The van der Waals surface area contributed by atoms with E-state index in [0.717, 1.165) is 8.96 Å². The lowest BCUT2D eigenvalue weighted by atomic mass is 10.1. The summed E-state index contributed by atoms with van der Waals surface area (Å²) < 4.78 is 26.1. The highest BCUT2D eigenvalue weighted by molar-refractivity contribution is 14.1. The van der Waals surface area contributed by atoms with Crippen molar-refractivity contribution in [3.63, 3.8) is 0 Å². The first-order valence-electron chi connectivity index (χ1n) is 4.00. The highest BCUT2D eigenvalue weighted by atomic mass is 127. The van der Waals surface area contributed by atoms with Crippen LogP contribution in [0.4, 0.5) is 8.78 Å². The summed E-state index contributed by atoms with van der Waals surface area (Å²) in [5, 5.41) is 1.37. The van der Waals surface area contributed by atoms with Gasteiger partial charge in [0.2, 0.25) is 0 Å². The zero-order chi connectivity index (χ0) is 10.1. The van der Waals surface area contributed by atoms with Crippen LogP contribution in [0.25, 0.3) is 10.8 Å². The molecule has 0 amide bonds. The molecule has 14 heavy (non-hydrogen) atoms. The van der Waals surface area contributed by atoms with Gasteiger partial charge in [-0.05, 0) is 28.7 Å². The maximum atomic E-state index is 12.6. The van der Waals surface area contributed by atoms with Gasteiger partial charge in [0.05, 0.1) is 0 Å². The summed E-state index contributed by atoms with van der Waals surface area (Å²) >= 11 is 2.06. The number of nitrogens with zero attached hydrogens (tertiary/aromatic N) is 1. The first kappa shape index (κ1) is 9.76. The summed E-state index contributed by atoms with van der Waals surface area (Å²) in [4.78, 5) is 3.79. The molecule has 0 N–H and O–H groups in total. The van der Waals surface area contributed by atoms with Crippen molar-refractivity contribution in [2.24, 2.45) is 0 Å². The van der Waals surface area contributed by atoms with Crippen LogP contribution in [0.2, 0.25) is 0 Å². The van der Waals surface area contributed by atoms with Crippen molar-refractivity contribution in [2.75, 3.05) is 0 Å². The Morgan fingerprint density at radius 1 is 1.21 bits per heavy atom. The summed E-state index contributed by atoms with van der Waals surface area (Å²) in [5.41, 5.74) is 0.00694. The SMILES string of the molecule is FC(F)c1cncc2cccc(I)c12. The molecule has 1 heterocycles. The molecule has 4 heteroatoms. The number of rotatable bonds is 1. The zero-order valence-electron chi connectivity index (χ0n) is 7.05. The van der Waals surface area contributed by atoms with Gasteiger partial charge in [-0.25, -0.2) is 8.78 Å². The number of fused-ring (bicyclic) bond motifs is 1. The van der Waals surface area contributed by atoms with Gasteiger partial charge >= 0.3 is 0 Å². The van der Waals surface area contributed by atoms with Crippen molar-refractivity contribution in [1.82, 2.24) is 4.98 Å². The molecule has 0 aliphatic heterocycles. The number of benzene rings is 1. The van der Waals surface area contributed by atoms with Gasteiger partial charge in [-0.1, -0.05) is 12.1 Å². The van der Waals surface area contributed by atoms with Crippen molar-refractivity contribution < 1.29 is 8.78 Å². The van der Waals surface area contributed by atoms with Crippen LogP contribution in [-0.4, -0.2) is 4.98 Å². The van der Waals surface area contributed by atoms with E-state index in [1.54, 1.807) is 12.3 Å². The van der Waals surface area contributed by atoms with Gasteiger partial charge in [-0.2, -0.15) is 0 Å². The van der Waals surface area contributed by atoms with E-state index in [-0.39, 0.29) is 5.56 Å². The van der Waals surface area contributed by atoms with Crippen LogP contribution >= 0.6 is 22.6 Å². The fraction of sp³-hybridized carbons (Fsp3) is 0.100. The van der Waals surface area contributed by atoms with Gasteiger partial charge in [-0.15, -0.1) is 0 Å². The molecule has 0 radical (unpaired) electrons. The first-order valence-corrected chi connectivity index (χ1v) is 5.08. The molecule has 72 valence electrons. The Labute approximate surface area is 93.3 Å². The third kappa shape index (κ3) is 1.58. The molecule has 0 saturated heterocycles. The quantitative estimate of drug-likeness (QED) is 0.731. The minimum absolute atomic E-state index is 0.00694. The fourth-order valence-corrected chi connectivity index (χ4v) is 2.21. The predicted molar refractivity (Wildman–Crippen MR) is 59.4 cm³/mol. The molecule has 0 fully saturated rings. The summed E-state index contributed by atoms with van der Waals surface area (Å²) in [5.74, 6) is 0. The molecule has 0 bridgehead atoms. The smallest absolute Gasteiger partial charge is 0.264 e.